The van der Waals surface area contributed by atoms with Gasteiger partial charge < -0.3 is 14.9 Å². The molecule has 2 N–H and O–H groups in total. The average Bonchev–Trinajstić information content (AvgIpc) is 2.21. The Balaban J connectivity index is 3.37. The second kappa shape index (κ2) is 4.41. The van der Waals surface area contributed by atoms with Crippen molar-refractivity contribution in [3.8, 4) is 11.5 Å². The number of halogens is 1. The van der Waals surface area contributed by atoms with Crippen molar-refractivity contribution >= 4 is 15.9 Å². The third-order valence-electron chi connectivity index (χ3n) is 2.41. The summed E-state index contributed by atoms with van der Waals surface area (Å²) in [5.74, 6) is 0.472. The van der Waals surface area contributed by atoms with Gasteiger partial charge in [-0.25, -0.2) is 0 Å². The van der Waals surface area contributed by atoms with Gasteiger partial charge in [-0.3, -0.25) is 0 Å². The molecule has 0 saturated carbocycles. The van der Waals surface area contributed by atoms with E-state index in [0.29, 0.717) is 10.2 Å². The van der Waals surface area contributed by atoms with E-state index in [1.807, 2.05) is 19.9 Å². The van der Waals surface area contributed by atoms with Crippen LogP contribution in [0.2, 0.25) is 0 Å². The molecule has 0 atom stereocenters. The molecular weight excluding hydrogens is 260 g/mol. The predicted molar refractivity (Wildman–Crippen MR) is 62.5 cm³/mol. The summed E-state index contributed by atoms with van der Waals surface area (Å²) in [6, 6.07) is 3.57. The lowest BCUT2D eigenvalue weighted by molar-refractivity contribution is 0.214. The summed E-state index contributed by atoms with van der Waals surface area (Å²) in [4.78, 5) is 0. The van der Waals surface area contributed by atoms with E-state index >= 15 is 0 Å². The van der Waals surface area contributed by atoms with Crippen molar-refractivity contribution in [3.05, 3.63) is 22.2 Å². The quantitative estimate of drug-likeness (QED) is 0.890. The highest BCUT2D eigenvalue weighted by Gasteiger charge is 2.26. The molecular formula is C11H15BrO3. The van der Waals surface area contributed by atoms with Crippen molar-refractivity contribution in [1.82, 2.24) is 0 Å². The van der Waals surface area contributed by atoms with Crippen LogP contribution >= 0.6 is 15.9 Å². The molecule has 15 heavy (non-hydrogen) atoms. The molecule has 0 aliphatic heterocycles. The molecule has 3 nitrogen and oxygen atoms in total. The zero-order valence-corrected chi connectivity index (χ0v) is 10.6. The number of aliphatic hydroxyl groups excluding tert-OH is 1. The van der Waals surface area contributed by atoms with Crippen molar-refractivity contribution in [2.24, 2.45) is 0 Å². The lowest BCUT2D eigenvalue weighted by atomic mass is 9.85. The average molecular weight is 275 g/mol. The van der Waals surface area contributed by atoms with Crippen LogP contribution in [0.4, 0.5) is 0 Å². The van der Waals surface area contributed by atoms with Gasteiger partial charge in [-0.15, -0.1) is 0 Å². The smallest absolute Gasteiger partial charge is 0.172 e. The number of rotatable bonds is 3. The molecule has 0 unspecified atom stereocenters. The molecule has 84 valence electrons. The van der Waals surface area contributed by atoms with E-state index in [-0.39, 0.29) is 12.4 Å². The van der Waals surface area contributed by atoms with Crippen LogP contribution in [0.1, 0.15) is 19.4 Å². The fourth-order valence-corrected chi connectivity index (χ4v) is 1.68. The predicted octanol–water partition coefficient (Wildman–Crippen LogP) is 2.43. The number of methoxy groups -OCH3 is 1. The van der Waals surface area contributed by atoms with E-state index in [1.165, 1.54) is 7.11 Å². The monoisotopic (exact) mass is 274 g/mol. The van der Waals surface area contributed by atoms with Gasteiger partial charge in [-0.05, 0) is 22.0 Å². The van der Waals surface area contributed by atoms with E-state index in [1.54, 1.807) is 6.07 Å². The Kier molecular flexibility index (Phi) is 3.62. The molecule has 0 aliphatic carbocycles. The number of aliphatic hydroxyl groups is 1. The van der Waals surface area contributed by atoms with Gasteiger partial charge >= 0.3 is 0 Å². The summed E-state index contributed by atoms with van der Waals surface area (Å²) in [6.45, 7) is 3.76. The van der Waals surface area contributed by atoms with Gasteiger partial charge in [0.15, 0.2) is 11.5 Å². The molecule has 0 fully saturated rings. The largest absolute Gasteiger partial charge is 0.503 e. The van der Waals surface area contributed by atoms with Crippen molar-refractivity contribution in [2.75, 3.05) is 13.7 Å². The summed E-state index contributed by atoms with van der Waals surface area (Å²) < 4.78 is 5.73. The van der Waals surface area contributed by atoms with E-state index in [2.05, 4.69) is 15.9 Å². The summed E-state index contributed by atoms with van der Waals surface area (Å²) in [7, 11) is 1.50. The van der Waals surface area contributed by atoms with E-state index < -0.39 is 5.41 Å². The zero-order valence-electron chi connectivity index (χ0n) is 9.04. The van der Waals surface area contributed by atoms with E-state index in [0.717, 1.165) is 5.56 Å². The Labute approximate surface area is 97.8 Å². The van der Waals surface area contributed by atoms with Crippen molar-refractivity contribution in [1.29, 1.82) is 0 Å². The molecule has 0 radical (unpaired) electrons. The van der Waals surface area contributed by atoms with Crippen LogP contribution in [0.3, 0.4) is 0 Å². The van der Waals surface area contributed by atoms with Crippen LogP contribution in [0.15, 0.2) is 16.6 Å². The maximum atomic E-state index is 9.78. The minimum atomic E-state index is -0.441. The fraction of sp³-hybridized carbons (Fsp3) is 0.455. The van der Waals surface area contributed by atoms with Gasteiger partial charge in [0, 0.05) is 11.0 Å². The molecule has 0 saturated heterocycles. The fourth-order valence-electron chi connectivity index (χ4n) is 1.37. The molecule has 0 heterocycles. The lowest BCUT2D eigenvalue weighted by Crippen LogP contribution is -2.22. The zero-order chi connectivity index (χ0) is 11.6. The number of phenols is 1. The highest BCUT2D eigenvalue weighted by molar-refractivity contribution is 9.10. The molecule has 4 heteroatoms. The van der Waals surface area contributed by atoms with Gasteiger partial charge in [0.05, 0.1) is 18.2 Å². The first kappa shape index (κ1) is 12.3. The summed E-state index contributed by atoms with van der Waals surface area (Å²) in [5.41, 5.74) is 0.344. The number of hydrogen-bond donors (Lipinski definition) is 2. The van der Waals surface area contributed by atoms with Gasteiger partial charge in [0.1, 0.15) is 0 Å². The minimum absolute atomic E-state index is 0.00949. The molecule has 0 amide bonds. The minimum Gasteiger partial charge on any atom is -0.503 e. The van der Waals surface area contributed by atoms with Crippen LogP contribution in [-0.2, 0) is 5.41 Å². The first-order chi connectivity index (χ1) is 6.94. The number of hydrogen-bond acceptors (Lipinski definition) is 3. The SMILES string of the molecule is COc1c(C(C)(C)CO)ccc(Br)c1O. The third kappa shape index (κ3) is 2.26. The van der Waals surface area contributed by atoms with Crippen molar-refractivity contribution < 1.29 is 14.9 Å². The second-order valence-electron chi connectivity index (χ2n) is 4.02. The first-order valence-electron chi connectivity index (χ1n) is 4.61. The topological polar surface area (TPSA) is 49.7 Å². The normalized spacial score (nSPS) is 11.5. The standard InChI is InChI=1S/C11H15BrO3/c1-11(2,6-13)7-4-5-8(12)9(14)10(7)15-3/h4-5,13-14H,6H2,1-3H3. The Morgan fingerprint density at radius 1 is 1.40 bits per heavy atom. The Hall–Kier alpha value is -0.740. The number of ether oxygens (including phenoxy) is 1. The molecule has 0 spiro atoms. The highest BCUT2D eigenvalue weighted by Crippen LogP contribution is 2.41. The lowest BCUT2D eigenvalue weighted by Gasteiger charge is -2.25. The van der Waals surface area contributed by atoms with Gasteiger partial charge in [-0.1, -0.05) is 19.9 Å². The highest BCUT2D eigenvalue weighted by atomic mass is 79.9. The summed E-state index contributed by atoms with van der Waals surface area (Å²) in [5, 5.41) is 19.1. The van der Waals surface area contributed by atoms with Crippen molar-refractivity contribution in [2.45, 2.75) is 19.3 Å². The molecule has 1 aromatic carbocycles. The van der Waals surface area contributed by atoms with Gasteiger partial charge in [-0.2, -0.15) is 0 Å². The Bertz CT molecular complexity index is 361. The molecule has 0 aromatic heterocycles. The van der Waals surface area contributed by atoms with E-state index in [4.69, 9.17) is 4.74 Å². The number of phenolic OH excluding ortho intramolecular Hbond substituents is 1. The first-order valence-corrected chi connectivity index (χ1v) is 5.40. The van der Waals surface area contributed by atoms with Gasteiger partial charge in [0.2, 0.25) is 0 Å². The molecule has 0 aliphatic rings. The molecule has 0 bridgehead atoms. The Morgan fingerprint density at radius 2 is 2.00 bits per heavy atom. The summed E-state index contributed by atoms with van der Waals surface area (Å²) >= 11 is 3.22. The van der Waals surface area contributed by atoms with Crippen LogP contribution in [0.25, 0.3) is 0 Å². The van der Waals surface area contributed by atoms with Crippen molar-refractivity contribution in [3.63, 3.8) is 0 Å². The number of aromatic hydroxyl groups is 1. The number of benzene rings is 1. The summed E-state index contributed by atoms with van der Waals surface area (Å²) in [6.07, 6.45) is 0. The van der Waals surface area contributed by atoms with Crippen LogP contribution < -0.4 is 4.74 Å². The third-order valence-corrected chi connectivity index (χ3v) is 3.05. The van der Waals surface area contributed by atoms with Gasteiger partial charge in [0.25, 0.3) is 0 Å². The van der Waals surface area contributed by atoms with Crippen LogP contribution in [0.5, 0.6) is 11.5 Å². The second-order valence-corrected chi connectivity index (χ2v) is 4.87. The maximum Gasteiger partial charge on any atom is 0.172 e. The van der Waals surface area contributed by atoms with E-state index in [9.17, 15) is 10.2 Å². The Morgan fingerprint density at radius 3 is 2.47 bits per heavy atom. The molecule has 1 rings (SSSR count). The van der Waals surface area contributed by atoms with Crippen LogP contribution in [0, 0.1) is 0 Å². The molecule has 1 aromatic rings. The maximum absolute atomic E-state index is 9.78. The van der Waals surface area contributed by atoms with Crippen LogP contribution in [-0.4, -0.2) is 23.9 Å².